The van der Waals surface area contributed by atoms with E-state index >= 15 is 0 Å². The summed E-state index contributed by atoms with van der Waals surface area (Å²) in [5.74, 6) is 0.680. The Morgan fingerprint density at radius 3 is 2.73 bits per heavy atom. The molecule has 0 aliphatic carbocycles. The molecule has 2 rings (SSSR count). The predicted molar refractivity (Wildman–Crippen MR) is 101 cm³/mol. The van der Waals surface area contributed by atoms with Crippen LogP contribution in [0.4, 0.5) is 5.69 Å². The Labute approximate surface area is 153 Å². The van der Waals surface area contributed by atoms with E-state index in [2.05, 4.69) is 11.6 Å². The molecule has 0 aliphatic rings. The fourth-order valence-electron chi connectivity index (χ4n) is 2.88. The molecule has 1 aromatic carbocycles. The SMILES string of the molecule is C=CCOC(=O)CCCc1nc2cc(N(CCO)CCO)ccc2n1C. The van der Waals surface area contributed by atoms with Crippen LogP contribution in [-0.4, -0.2) is 58.6 Å². The number of fused-ring (bicyclic) bond motifs is 1. The summed E-state index contributed by atoms with van der Waals surface area (Å²) in [6, 6.07) is 5.91. The summed E-state index contributed by atoms with van der Waals surface area (Å²) in [4.78, 5) is 18.1. The van der Waals surface area contributed by atoms with Gasteiger partial charge in [0.15, 0.2) is 0 Å². The van der Waals surface area contributed by atoms with Crippen molar-refractivity contribution in [3.8, 4) is 0 Å². The Morgan fingerprint density at radius 2 is 2.08 bits per heavy atom. The Balaban J connectivity index is 2.08. The summed E-state index contributed by atoms with van der Waals surface area (Å²) >= 11 is 0. The molecule has 2 N–H and O–H groups in total. The van der Waals surface area contributed by atoms with Gasteiger partial charge in [0.05, 0.1) is 24.2 Å². The molecular weight excluding hydrogens is 334 g/mol. The lowest BCUT2D eigenvalue weighted by Crippen LogP contribution is -2.29. The first-order valence-corrected chi connectivity index (χ1v) is 8.79. The van der Waals surface area contributed by atoms with Gasteiger partial charge in [-0.2, -0.15) is 0 Å². The quantitative estimate of drug-likeness (QED) is 0.465. The number of ether oxygens (including phenoxy) is 1. The molecule has 0 atom stereocenters. The molecule has 0 saturated heterocycles. The zero-order valence-electron chi connectivity index (χ0n) is 15.2. The highest BCUT2D eigenvalue weighted by Gasteiger charge is 2.12. The van der Waals surface area contributed by atoms with Crippen LogP contribution in [0.25, 0.3) is 11.0 Å². The van der Waals surface area contributed by atoms with Gasteiger partial charge < -0.3 is 24.4 Å². The molecule has 1 aromatic heterocycles. The second kappa shape index (κ2) is 9.94. The summed E-state index contributed by atoms with van der Waals surface area (Å²) in [5.41, 5.74) is 2.78. The first kappa shape index (κ1) is 19.9. The fourth-order valence-corrected chi connectivity index (χ4v) is 2.88. The molecule has 0 spiro atoms. The highest BCUT2D eigenvalue weighted by atomic mass is 16.5. The number of aryl methyl sites for hydroxylation is 2. The maximum absolute atomic E-state index is 11.5. The van der Waals surface area contributed by atoms with Crippen molar-refractivity contribution in [2.75, 3.05) is 37.8 Å². The molecule has 0 bridgehead atoms. The van der Waals surface area contributed by atoms with Crippen molar-refractivity contribution in [2.24, 2.45) is 7.05 Å². The summed E-state index contributed by atoms with van der Waals surface area (Å²) in [5, 5.41) is 18.4. The van der Waals surface area contributed by atoms with Gasteiger partial charge in [-0.25, -0.2) is 4.98 Å². The summed E-state index contributed by atoms with van der Waals surface area (Å²) in [7, 11) is 1.96. The lowest BCUT2D eigenvalue weighted by atomic mass is 10.2. The molecule has 2 aromatic rings. The zero-order valence-corrected chi connectivity index (χ0v) is 15.2. The number of rotatable bonds is 11. The number of nitrogens with zero attached hydrogens (tertiary/aromatic N) is 3. The highest BCUT2D eigenvalue weighted by Crippen LogP contribution is 2.23. The second-order valence-electron chi connectivity index (χ2n) is 6.02. The van der Waals surface area contributed by atoms with E-state index in [9.17, 15) is 15.0 Å². The van der Waals surface area contributed by atoms with E-state index in [-0.39, 0.29) is 25.8 Å². The molecule has 7 nitrogen and oxygen atoms in total. The lowest BCUT2D eigenvalue weighted by molar-refractivity contribution is -0.142. The van der Waals surface area contributed by atoms with Crippen LogP contribution >= 0.6 is 0 Å². The number of benzene rings is 1. The first-order chi connectivity index (χ1) is 12.6. The van der Waals surface area contributed by atoms with Crippen LogP contribution in [0, 0.1) is 0 Å². The third-order valence-electron chi connectivity index (χ3n) is 4.21. The van der Waals surface area contributed by atoms with E-state index in [4.69, 9.17) is 4.74 Å². The van der Waals surface area contributed by atoms with Crippen LogP contribution in [-0.2, 0) is 23.0 Å². The Hall–Kier alpha value is -2.38. The topological polar surface area (TPSA) is 87.8 Å². The van der Waals surface area contributed by atoms with Crippen LogP contribution in [0.5, 0.6) is 0 Å². The van der Waals surface area contributed by atoms with Crippen molar-refractivity contribution in [2.45, 2.75) is 19.3 Å². The highest BCUT2D eigenvalue weighted by molar-refractivity contribution is 5.80. The molecule has 7 heteroatoms. The number of esters is 1. The molecular formula is C19H27N3O4. The number of carbonyl (C=O) groups is 1. The number of hydrogen-bond acceptors (Lipinski definition) is 6. The van der Waals surface area contributed by atoms with Crippen molar-refractivity contribution >= 4 is 22.7 Å². The molecule has 142 valence electrons. The summed E-state index contributed by atoms with van der Waals surface area (Å²) in [6.45, 7) is 4.72. The monoisotopic (exact) mass is 361 g/mol. The molecule has 1 heterocycles. The van der Waals surface area contributed by atoms with Gasteiger partial charge in [0.25, 0.3) is 0 Å². The van der Waals surface area contributed by atoms with Gasteiger partial charge >= 0.3 is 5.97 Å². The number of imidazole rings is 1. The molecule has 0 aliphatic heterocycles. The van der Waals surface area contributed by atoms with Crippen molar-refractivity contribution in [1.82, 2.24) is 9.55 Å². The number of aliphatic hydroxyl groups excluding tert-OH is 2. The Kier molecular flexibility index (Phi) is 7.62. The van der Waals surface area contributed by atoms with Gasteiger partial charge in [-0.05, 0) is 24.6 Å². The van der Waals surface area contributed by atoms with E-state index in [1.165, 1.54) is 0 Å². The number of hydrogen-bond donors (Lipinski definition) is 2. The van der Waals surface area contributed by atoms with Crippen LogP contribution in [0.2, 0.25) is 0 Å². The number of carbonyl (C=O) groups excluding carboxylic acids is 1. The largest absolute Gasteiger partial charge is 0.461 e. The smallest absolute Gasteiger partial charge is 0.306 e. The Bertz CT molecular complexity index is 736. The zero-order chi connectivity index (χ0) is 18.9. The summed E-state index contributed by atoms with van der Waals surface area (Å²) in [6.07, 6.45) is 3.25. The van der Waals surface area contributed by atoms with Gasteiger partial charge in [-0.3, -0.25) is 4.79 Å². The van der Waals surface area contributed by atoms with Crippen molar-refractivity contribution < 1.29 is 19.7 Å². The maximum Gasteiger partial charge on any atom is 0.306 e. The Morgan fingerprint density at radius 1 is 1.35 bits per heavy atom. The predicted octanol–water partition coefficient (Wildman–Crippen LogP) is 1.42. The number of aromatic nitrogens is 2. The summed E-state index contributed by atoms with van der Waals surface area (Å²) < 4.78 is 7.00. The average Bonchev–Trinajstić information content (AvgIpc) is 2.95. The van der Waals surface area contributed by atoms with Gasteiger partial charge in [0, 0.05) is 38.7 Å². The standard InChI is InChI=1S/C19H27N3O4/c1-3-13-26-19(25)6-4-5-18-20-16-14-15(7-8-17(16)21(18)2)22(9-11-23)10-12-24/h3,7-8,14,23-24H,1,4-6,9-13H2,2H3. The van der Waals surface area contributed by atoms with Crippen molar-refractivity contribution in [3.63, 3.8) is 0 Å². The lowest BCUT2D eigenvalue weighted by Gasteiger charge is -2.22. The maximum atomic E-state index is 11.5. The van der Waals surface area contributed by atoms with E-state index in [1.54, 1.807) is 6.08 Å². The van der Waals surface area contributed by atoms with Crippen molar-refractivity contribution in [3.05, 3.63) is 36.7 Å². The van der Waals surface area contributed by atoms with Crippen LogP contribution in [0.3, 0.4) is 0 Å². The van der Waals surface area contributed by atoms with Crippen LogP contribution in [0.1, 0.15) is 18.7 Å². The van der Waals surface area contributed by atoms with Gasteiger partial charge in [-0.15, -0.1) is 0 Å². The molecule has 0 unspecified atom stereocenters. The second-order valence-corrected chi connectivity index (χ2v) is 6.02. The third kappa shape index (κ3) is 5.06. The van der Waals surface area contributed by atoms with Gasteiger partial charge in [-0.1, -0.05) is 12.7 Å². The third-order valence-corrected chi connectivity index (χ3v) is 4.21. The van der Waals surface area contributed by atoms with Crippen LogP contribution in [0.15, 0.2) is 30.9 Å². The fraction of sp³-hybridized carbons (Fsp3) is 0.474. The van der Waals surface area contributed by atoms with Gasteiger partial charge in [0.1, 0.15) is 12.4 Å². The molecule has 26 heavy (non-hydrogen) atoms. The van der Waals surface area contributed by atoms with Crippen molar-refractivity contribution in [1.29, 1.82) is 0 Å². The first-order valence-electron chi connectivity index (χ1n) is 8.79. The number of anilines is 1. The van der Waals surface area contributed by atoms with E-state index in [0.717, 1.165) is 22.5 Å². The van der Waals surface area contributed by atoms with E-state index < -0.39 is 0 Å². The molecule has 0 fully saturated rings. The van der Waals surface area contributed by atoms with E-state index in [1.807, 2.05) is 34.7 Å². The van der Waals surface area contributed by atoms with E-state index in [0.29, 0.717) is 32.4 Å². The minimum atomic E-state index is -0.227. The molecule has 0 radical (unpaired) electrons. The molecule has 0 amide bonds. The van der Waals surface area contributed by atoms with Crippen LogP contribution < -0.4 is 4.90 Å². The normalized spacial score (nSPS) is 10.9. The average molecular weight is 361 g/mol. The minimum absolute atomic E-state index is 0.0213. The minimum Gasteiger partial charge on any atom is -0.461 e. The number of aliphatic hydroxyl groups is 2. The van der Waals surface area contributed by atoms with Gasteiger partial charge in [0.2, 0.25) is 0 Å². The molecule has 0 saturated carbocycles.